The van der Waals surface area contributed by atoms with Gasteiger partial charge in [-0.15, -0.1) is 0 Å². The van der Waals surface area contributed by atoms with E-state index in [2.05, 4.69) is 9.88 Å². The molecular formula is C29H28F3N3O2. The van der Waals surface area contributed by atoms with Gasteiger partial charge in [0.1, 0.15) is 5.75 Å². The fraction of sp³-hybridized carbons (Fsp3) is 0.276. The van der Waals surface area contributed by atoms with Gasteiger partial charge in [-0.3, -0.25) is 4.79 Å². The highest BCUT2D eigenvalue weighted by Crippen LogP contribution is 2.37. The summed E-state index contributed by atoms with van der Waals surface area (Å²) < 4.78 is 46.0. The van der Waals surface area contributed by atoms with E-state index in [1.54, 1.807) is 18.1 Å². The summed E-state index contributed by atoms with van der Waals surface area (Å²) in [6, 6.07) is 20.7. The molecule has 1 fully saturated rings. The van der Waals surface area contributed by atoms with Gasteiger partial charge in [-0.25, -0.2) is 0 Å². The van der Waals surface area contributed by atoms with Crippen LogP contribution in [0.1, 0.15) is 29.0 Å². The van der Waals surface area contributed by atoms with Crippen molar-refractivity contribution in [2.75, 3.05) is 38.2 Å². The molecule has 1 saturated heterocycles. The Labute approximate surface area is 213 Å². The van der Waals surface area contributed by atoms with Crippen LogP contribution in [0.2, 0.25) is 0 Å². The summed E-state index contributed by atoms with van der Waals surface area (Å²) in [4.78, 5) is 20.7. The minimum Gasteiger partial charge on any atom is -0.495 e. The first-order chi connectivity index (χ1) is 17.8. The molecule has 5 nitrogen and oxygen atoms in total. The van der Waals surface area contributed by atoms with Crippen molar-refractivity contribution in [2.24, 2.45) is 0 Å². The average Bonchev–Trinajstić information content (AvgIpc) is 3.35. The predicted molar refractivity (Wildman–Crippen MR) is 138 cm³/mol. The van der Waals surface area contributed by atoms with Crippen molar-refractivity contribution in [3.63, 3.8) is 0 Å². The Kier molecular flexibility index (Phi) is 6.82. The first-order valence-corrected chi connectivity index (χ1v) is 12.2. The van der Waals surface area contributed by atoms with Gasteiger partial charge in [0, 0.05) is 55.6 Å². The highest BCUT2D eigenvalue weighted by atomic mass is 19.4. The van der Waals surface area contributed by atoms with E-state index >= 15 is 0 Å². The molecule has 2 heterocycles. The molecule has 1 atom stereocenters. The average molecular weight is 508 g/mol. The molecule has 0 saturated carbocycles. The zero-order valence-electron chi connectivity index (χ0n) is 20.5. The summed E-state index contributed by atoms with van der Waals surface area (Å²) in [5.74, 6) is 0.191. The molecule has 1 unspecified atom stereocenters. The maximum Gasteiger partial charge on any atom is 0.416 e. The number of alkyl halides is 3. The summed E-state index contributed by atoms with van der Waals surface area (Å²) in [5.41, 5.74) is 2.44. The Morgan fingerprint density at radius 1 is 0.973 bits per heavy atom. The van der Waals surface area contributed by atoms with Crippen molar-refractivity contribution in [1.29, 1.82) is 0 Å². The van der Waals surface area contributed by atoms with Crippen LogP contribution in [-0.4, -0.2) is 49.1 Å². The zero-order valence-corrected chi connectivity index (χ0v) is 20.5. The van der Waals surface area contributed by atoms with Gasteiger partial charge in [0.25, 0.3) is 0 Å². The maximum atomic E-state index is 13.5. The number of carbonyl (C=O) groups is 1. The molecule has 0 spiro atoms. The number of H-pyrrole nitrogens is 1. The number of para-hydroxylation sites is 3. The van der Waals surface area contributed by atoms with E-state index < -0.39 is 17.7 Å². The minimum absolute atomic E-state index is 0.0765. The molecule has 3 aromatic carbocycles. The van der Waals surface area contributed by atoms with Crippen molar-refractivity contribution in [3.8, 4) is 5.75 Å². The van der Waals surface area contributed by atoms with Crippen molar-refractivity contribution in [2.45, 2.75) is 18.5 Å². The summed E-state index contributed by atoms with van der Waals surface area (Å²) >= 11 is 0. The van der Waals surface area contributed by atoms with Gasteiger partial charge < -0.3 is 19.5 Å². The van der Waals surface area contributed by atoms with E-state index in [1.165, 1.54) is 12.1 Å². The summed E-state index contributed by atoms with van der Waals surface area (Å²) in [6.07, 6.45) is -2.57. The number of nitrogens with one attached hydrogen (secondary N) is 1. The second-order valence-corrected chi connectivity index (χ2v) is 9.21. The van der Waals surface area contributed by atoms with Crippen molar-refractivity contribution in [1.82, 2.24) is 9.88 Å². The Bertz CT molecular complexity index is 1390. The molecule has 5 rings (SSSR count). The quantitative estimate of drug-likeness (QED) is 0.345. The lowest BCUT2D eigenvalue weighted by Gasteiger charge is -2.37. The topological polar surface area (TPSA) is 48.6 Å². The minimum atomic E-state index is -4.46. The maximum absolute atomic E-state index is 13.5. The van der Waals surface area contributed by atoms with Gasteiger partial charge in [-0.2, -0.15) is 13.2 Å². The molecule has 192 valence electrons. The van der Waals surface area contributed by atoms with Gasteiger partial charge in [-0.05, 0) is 35.4 Å². The molecular weight excluding hydrogens is 479 g/mol. The molecule has 1 N–H and O–H groups in total. The fourth-order valence-electron chi connectivity index (χ4n) is 5.11. The van der Waals surface area contributed by atoms with Crippen molar-refractivity contribution >= 4 is 22.5 Å². The van der Waals surface area contributed by atoms with E-state index in [0.29, 0.717) is 31.7 Å². The summed E-state index contributed by atoms with van der Waals surface area (Å²) in [7, 11) is 1.64. The predicted octanol–water partition coefficient (Wildman–Crippen LogP) is 6.07. The smallest absolute Gasteiger partial charge is 0.416 e. The van der Waals surface area contributed by atoms with E-state index in [9.17, 15) is 18.0 Å². The second kappa shape index (κ2) is 10.2. The first-order valence-electron chi connectivity index (χ1n) is 12.2. The van der Waals surface area contributed by atoms with E-state index in [4.69, 9.17) is 4.74 Å². The lowest BCUT2D eigenvalue weighted by atomic mass is 9.87. The second-order valence-electron chi connectivity index (χ2n) is 9.21. The highest BCUT2D eigenvalue weighted by Gasteiger charge is 2.32. The number of amides is 1. The third kappa shape index (κ3) is 5.14. The fourth-order valence-corrected chi connectivity index (χ4v) is 5.11. The van der Waals surface area contributed by atoms with Crippen LogP contribution >= 0.6 is 0 Å². The lowest BCUT2D eigenvalue weighted by molar-refractivity contribution is -0.137. The molecule has 37 heavy (non-hydrogen) atoms. The van der Waals surface area contributed by atoms with Gasteiger partial charge in [-0.1, -0.05) is 48.5 Å². The number of piperazine rings is 1. The number of nitrogens with zero attached hydrogens (tertiary/aromatic N) is 2. The molecule has 0 bridgehead atoms. The Morgan fingerprint density at radius 3 is 2.46 bits per heavy atom. The normalized spacial score (nSPS) is 15.1. The monoisotopic (exact) mass is 507 g/mol. The van der Waals surface area contributed by atoms with E-state index in [0.717, 1.165) is 34.0 Å². The lowest BCUT2D eigenvalue weighted by Crippen LogP contribution is -2.49. The number of anilines is 1. The number of ether oxygens (including phenoxy) is 1. The van der Waals surface area contributed by atoms with Gasteiger partial charge >= 0.3 is 6.18 Å². The number of hydrogen-bond acceptors (Lipinski definition) is 3. The summed E-state index contributed by atoms with van der Waals surface area (Å²) in [5, 5.41) is 0.902. The van der Waals surface area contributed by atoms with Crippen LogP contribution in [0.5, 0.6) is 5.75 Å². The number of fused-ring (bicyclic) bond motifs is 1. The van der Waals surface area contributed by atoms with Crippen molar-refractivity contribution in [3.05, 3.63) is 95.7 Å². The molecule has 8 heteroatoms. The molecule has 1 amide bonds. The molecule has 1 aliphatic rings. The number of methoxy groups -OCH3 is 1. The Hall–Kier alpha value is -3.94. The number of aromatic nitrogens is 1. The van der Waals surface area contributed by atoms with Crippen LogP contribution in [-0.2, 0) is 11.0 Å². The number of benzene rings is 3. The number of hydrogen-bond donors (Lipinski definition) is 1. The Balaban J connectivity index is 1.39. The molecule has 1 aromatic heterocycles. The third-order valence-electron chi connectivity index (χ3n) is 7.05. The SMILES string of the molecule is COc1ccccc1N1CCN(C(=O)CC(c2cccc(C(F)(F)F)c2)c2c[nH]c3ccccc23)CC1. The van der Waals surface area contributed by atoms with Crippen LogP contribution in [0.25, 0.3) is 10.9 Å². The van der Waals surface area contributed by atoms with E-state index in [-0.39, 0.29) is 12.3 Å². The Morgan fingerprint density at radius 2 is 1.70 bits per heavy atom. The van der Waals surface area contributed by atoms with Crippen LogP contribution in [0.3, 0.4) is 0 Å². The molecule has 1 aliphatic heterocycles. The van der Waals surface area contributed by atoms with E-state index in [1.807, 2.05) is 54.7 Å². The zero-order chi connectivity index (χ0) is 26.0. The van der Waals surface area contributed by atoms with Gasteiger partial charge in [0.2, 0.25) is 5.91 Å². The summed E-state index contributed by atoms with van der Waals surface area (Å²) in [6.45, 7) is 2.35. The van der Waals surface area contributed by atoms with Crippen molar-refractivity contribution < 1.29 is 22.7 Å². The first kappa shape index (κ1) is 24.7. The van der Waals surface area contributed by atoms with Gasteiger partial charge in [0.05, 0.1) is 18.4 Å². The third-order valence-corrected chi connectivity index (χ3v) is 7.05. The molecule has 0 aliphatic carbocycles. The van der Waals surface area contributed by atoms with Crippen LogP contribution in [0, 0.1) is 0 Å². The number of aromatic amines is 1. The van der Waals surface area contributed by atoms with Crippen LogP contribution < -0.4 is 9.64 Å². The van der Waals surface area contributed by atoms with Crippen LogP contribution in [0.4, 0.5) is 18.9 Å². The van der Waals surface area contributed by atoms with Crippen LogP contribution in [0.15, 0.2) is 79.0 Å². The highest BCUT2D eigenvalue weighted by molar-refractivity contribution is 5.86. The standard InChI is InChI=1S/C29H28F3N3O2/c1-37-27-12-5-4-11-26(27)34-13-15-35(16-14-34)28(36)18-23(20-7-6-8-21(17-20)29(30,31)32)24-19-33-25-10-3-2-9-22(24)25/h2-12,17,19,23,33H,13-16,18H2,1H3. The number of rotatable bonds is 6. The molecule has 4 aromatic rings. The number of carbonyl (C=O) groups excluding carboxylic acids is 1. The number of halogens is 3. The molecule has 0 radical (unpaired) electrons. The van der Waals surface area contributed by atoms with Gasteiger partial charge in [0.15, 0.2) is 0 Å². The largest absolute Gasteiger partial charge is 0.495 e.